The van der Waals surface area contributed by atoms with E-state index >= 15 is 0 Å². The van der Waals surface area contributed by atoms with E-state index in [0.717, 1.165) is 39.6 Å². The Labute approximate surface area is 145 Å². The van der Waals surface area contributed by atoms with Gasteiger partial charge in [-0.1, -0.05) is 0 Å². The third-order valence-corrected chi connectivity index (χ3v) is 5.50. The predicted octanol–water partition coefficient (Wildman–Crippen LogP) is 4.61. The largest absolute Gasteiger partial charge is 0.384 e. The number of aromatic nitrogens is 1. The van der Waals surface area contributed by atoms with Crippen LogP contribution in [0.5, 0.6) is 0 Å². The standard InChI is InChI=1S/C19H20FN3S/c20-15-5-3-14(4-6-15)19-22-17-8-7-16(13-18(17)24-19)21-9-12-23-10-1-2-11-23/h3-8,13,21H,1-2,9-12H2. The van der Waals surface area contributed by atoms with Crippen LogP contribution < -0.4 is 5.32 Å². The third-order valence-electron chi connectivity index (χ3n) is 4.44. The number of fused-ring (bicyclic) bond motifs is 1. The fraction of sp³-hybridized carbons (Fsp3) is 0.316. The van der Waals surface area contributed by atoms with Crippen LogP contribution in [0.1, 0.15) is 12.8 Å². The van der Waals surface area contributed by atoms with Crippen molar-refractivity contribution in [3.8, 4) is 10.6 Å². The van der Waals surface area contributed by atoms with Gasteiger partial charge in [0.25, 0.3) is 0 Å². The summed E-state index contributed by atoms with van der Waals surface area (Å²) in [5.74, 6) is -0.218. The summed E-state index contributed by atoms with van der Waals surface area (Å²) in [4.78, 5) is 7.16. The van der Waals surface area contributed by atoms with Gasteiger partial charge in [0, 0.05) is 24.3 Å². The maximum Gasteiger partial charge on any atom is 0.124 e. The molecular weight excluding hydrogens is 321 g/mol. The van der Waals surface area contributed by atoms with Crippen LogP contribution in [0.25, 0.3) is 20.8 Å². The molecule has 0 saturated carbocycles. The van der Waals surface area contributed by atoms with Crippen LogP contribution in [-0.4, -0.2) is 36.1 Å². The van der Waals surface area contributed by atoms with Gasteiger partial charge in [-0.3, -0.25) is 0 Å². The topological polar surface area (TPSA) is 28.2 Å². The van der Waals surface area contributed by atoms with Crippen molar-refractivity contribution in [3.63, 3.8) is 0 Å². The van der Waals surface area contributed by atoms with E-state index in [1.807, 2.05) is 0 Å². The molecule has 4 rings (SSSR count). The van der Waals surface area contributed by atoms with Crippen molar-refractivity contribution in [2.75, 3.05) is 31.5 Å². The lowest BCUT2D eigenvalue weighted by molar-refractivity contribution is 0.353. The molecule has 0 bridgehead atoms. The maximum atomic E-state index is 13.1. The number of anilines is 1. The minimum atomic E-state index is -0.218. The molecule has 0 radical (unpaired) electrons. The van der Waals surface area contributed by atoms with Gasteiger partial charge >= 0.3 is 0 Å². The predicted molar refractivity (Wildman–Crippen MR) is 99.2 cm³/mol. The van der Waals surface area contributed by atoms with Crippen molar-refractivity contribution in [2.45, 2.75) is 12.8 Å². The van der Waals surface area contributed by atoms with Gasteiger partial charge in [-0.2, -0.15) is 0 Å². The molecule has 2 aromatic carbocycles. The molecule has 3 aromatic rings. The minimum Gasteiger partial charge on any atom is -0.384 e. The lowest BCUT2D eigenvalue weighted by Crippen LogP contribution is -2.25. The number of hydrogen-bond acceptors (Lipinski definition) is 4. The first-order valence-corrected chi connectivity index (χ1v) is 9.22. The number of likely N-dealkylation sites (tertiary alicyclic amines) is 1. The van der Waals surface area contributed by atoms with E-state index in [1.165, 1.54) is 38.1 Å². The summed E-state index contributed by atoms with van der Waals surface area (Å²) in [6.45, 7) is 4.53. The number of nitrogens with zero attached hydrogens (tertiary/aromatic N) is 2. The van der Waals surface area contributed by atoms with Crippen molar-refractivity contribution < 1.29 is 4.39 Å². The molecule has 1 N–H and O–H groups in total. The third kappa shape index (κ3) is 3.42. The molecule has 1 aliphatic heterocycles. The Bertz CT molecular complexity index is 822. The van der Waals surface area contributed by atoms with Crippen molar-refractivity contribution in [1.82, 2.24) is 9.88 Å². The van der Waals surface area contributed by atoms with E-state index < -0.39 is 0 Å². The normalized spacial score (nSPS) is 15.2. The Kier molecular flexibility index (Phi) is 4.45. The first-order chi connectivity index (χ1) is 11.8. The summed E-state index contributed by atoms with van der Waals surface area (Å²) in [5, 5.41) is 4.44. The monoisotopic (exact) mass is 341 g/mol. The van der Waals surface area contributed by atoms with Gasteiger partial charge in [0.2, 0.25) is 0 Å². The zero-order valence-electron chi connectivity index (χ0n) is 13.5. The fourth-order valence-corrected chi connectivity index (χ4v) is 4.13. The average Bonchev–Trinajstić information content (AvgIpc) is 3.24. The van der Waals surface area contributed by atoms with Crippen LogP contribution in [0.3, 0.4) is 0 Å². The smallest absolute Gasteiger partial charge is 0.124 e. The van der Waals surface area contributed by atoms with Gasteiger partial charge in [0.05, 0.1) is 10.2 Å². The van der Waals surface area contributed by atoms with E-state index in [9.17, 15) is 4.39 Å². The molecule has 1 aliphatic rings. The van der Waals surface area contributed by atoms with Gasteiger partial charge in [0.15, 0.2) is 0 Å². The minimum absolute atomic E-state index is 0.218. The van der Waals surface area contributed by atoms with Crippen molar-refractivity contribution in [3.05, 3.63) is 48.3 Å². The van der Waals surface area contributed by atoms with E-state index in [-0.39, 0.29) is 5.82 Å². The first-order valence-electron chi connectivity index (χ1n) is 8.41. The second kappa shape index (κ2) is 6.87. The highest BCUT2D eigenvalue weighted by Gasteiger charge is 2.11. The molecule has 3 nitrogen and oxygen atoms in total. The maximum absolute atomic E-state index is 13.1. The zero-order valence-corrected chi connectivity index (χ0v) is 14.3. The second-order valence-corrected chi connectivity index (χ2v) is 7.21. The molecule has 0 spiro atoms. The summed E-state index contributed by atoms with van der Waals surface area (Å²) >= 11 is 1.65. The molecule has 124 valence electrons. The van der Waals surface area contributed by atoms with E-state index in [4.69, 9.17) is 0 Å². The molecule has 2 heterocycles. The van der Waals surface area contributed by atoms with E-state index in [2.05, 4.69) is 33.4 Å². The van der Waals surface area contributed by atoms with Gasteiger partial charge in [-0.25, -0.2) is 9.37 Å². The quantitative estimate of drug-likeness (QED) is 0.734. The number of nitrogens with one attached hydrogen (secondary N) is 1. The number of rotatable bonds is 5. The van der Waals surface area contributed by atoms with Crippen molar-refractivity contribution >= 4 is 27.2 Å². The highest BCUT2D eigenvalue weighted by molar-refractivity contribution is 7.21. The first kappa shape index (κ1) is 15.5. The molecule has 1 saturated heterocycles. The summed E-state index contributed by atoms with van der Waals surface area (Å²) in [6.07, 6.45) is 2.66. The fourth-order valence-electron chi connectivity index (χ4n) is 3.12. The Morgan fingerprint density at radius 2 is 1.88 bits per heavy atom. The van der Waals surface area contributed by atoms with Crippen LogP contribution in [0, 0.1) is 5.82 Å². The Hall–Kier alpha value is -1.98. The number of halogens is 1. The van der Waals surface area contributed by atoms with Gasteiger partial charge in [-0.15, -0.1) is 11.3 Å². The van der Waals surface area contributed by atoms with E-state index in [0.29, 0.717) is 0 Å². The summed E-state index contributed by atoms with van der Waals surface area (Å²) < 4.78 is 14.2. The van der Waals surface area contributed by atoms with Gasteiger partial charge in [0.1, 0.15) is 10.8 Å². The molecular formula is C19H20FN3S. The lowest BCUT2D eigenvalue weighted by Gasteiger charge is -2.15. The Morgan fingerprint density at radius 3 is 2.67 bits per heavy atom. The molecule has 0 unspecified atom stereocenters. The summed E-state index contributed by atoms with van der Waals surface area (Å²) in [6, 6.07) is 12.8. The highest BCUT2D eigenvalue weighted by atomic mass is 32.1. The Morgan fingerprint density at radius 1 is 1.08 bits per heavy atom. The highest BCUT2D eigenvalue weighted by Crippen LogP contribution is 2.31. The van der Waals surface area contributed by atoms with Crippen LogP contribution >= 0.6 is 11.3 Å². The van der Waals surface area contributed by atoms with Crippen molar-refractivity contribution in [2.24, 2.45) is 0 Å². The summed E-state index contributed by atoms with van der Waals surface area (Å²) in [5.41, 5.74) is 3.08. The molecule has 0 atom stereocenters. The molecule has 1 aromatic heterocycles. The molecule has 5 heteroatoms. The zero-order chi connectivity index (χ0) is 16.4. The number of benzene rings is 2. The molecule has 24 heavy (non-hydrogen) atoms. The molecule has 1 fully saturated rings. The second-order valence-electron chi connectivity index (χ2n) is 6.18. The Balaban J connectivity index is 1.47. The SMILES string of the molecule is Fc1ccc(-c2nc3ccc(NCCN4CCCC4)cc3s2)cc1. The molecule has 0 aliphatic carbocycles. The van der Waals surface area contributed by atoms with Crippen LogP contribution in [0.4, 0.5) is 10.1 Å². The number of thiazole rings is 1. The van der Waals surface area contributed by atoms with Gasteiger partial charge in [-0.05, 0) is 68.4 Å². The van der Waals surface area contributed by atoms with E-state index in [1.54, 1.807) is 23.5 Å². The lowest BCUT2D eigenvalue weighted by atomic mass is 10.2. The molecule has 0 amide bonds. The van der Waals surface area contributed by atoms with Crippen LogP contribution in [0.2, 0.25) is 0 Å². The number of hydrogen-bond donors (Lipinski definition) is 1. The van der Waals surface area contributed by atoms with Crippen molar-refractivity contribution in [1.29, 1.82) is 0 Å². The summed E-state index contributed by atoms with van der Waals surface area (Å²) in [7, 11) is 0. The van der Waals surface area contributed by atoms with Crippen LogP contribution in [-0.2, 0) is 0 Å². The average molecular weight is 341 g/mol. The van der Waals surface area contributed by atoms with Crippen LogP contribution in [0.15, 0.2) is 42.5 Å². The van der Waals surface area contributed by atoms with Gasteiger partial charge < -0.3 is 10.2 Å².